The van der Waals surface area contributed by atoms with Crippen molar-refractivity contribution in [1.82, 2.24) is 10.1 Å². The molecule has 0 aliphatic rings. The average Bonchev–Trinajstić information content (AvgIpc) is 2.51. The molecule has 0 aliphatic heterocycles. The highest BCUT2D eigenvalue weighted by molar-refractivity contribution is 5.84. The van der Waals surface area contributed by atoms with Crippen molar-refractivity contribution in [1.29, 1.82) is 0 Å². The van der Waals surface area contributed by atoms with Crippen molar-refractivity contribution < 1.29 is 4.52 Å². The Balaban J connectivity index is 2.83. The number of aryl methyl sites for hydroxylation is 1. The molecule has 0 atom stereocenters. The lowest BCUT2D eigenvalue weighted by Gasteiger charge is -1.90. The van der Waals surface area contributed by atoms with Crippen molar-refractivity contribution >= 4 is 11.0 Å². The Morgan fingerprint density at radius 2 is 2.23 bits per heavy atom. The molecular formula is C10H8N2O. The van der Waals surface area contributed by atoms with Crippen LogP contribution < -0.4 is 0 Å². The third-order valence-corrected chi connectivity index (χ3v) is 1.82. The van der Waals surface area contributed by atoms with Gasteiger partial charge < -0.3 is 4.52 Å². The highest BCUT2D eigenvalue weighted by Crippen LogP contribution is 2.19. The van der Waals surface area contributed by atoms with Crippen LogP contribution in [0.5, 0.6) is 0 Å². The van der Waals surface area contributed by atoms with Gasteiger partial charge in [0.15, 0.2) is 11.3 Å². The SMILES string of the molecule is CC#Cc1noc2cncc(C)c12. The second-order valence-corrected chi connectivity index (χ2v) is 2.74. The number of aromatic nitrogens is 2. The smallest absolute Gasteiger partial charge is 0.186 e. The predicted octanol–water partition coefficient (Wildman–Crippen LogP) is 1.90. The van der Waals surface area contributed by atoms with E-state index in [2.05, 4.69) is 22.0 Å². The van der Waals surface area contributed by atoms with Crippen LogP contribution in [0.15, 0.2) is 16.9 Å². The van der Waals surface area contributed by atoms with Gasteiger partial charge in [0.2, 0.25) is 0 Å². The van der Waals surface area contributed by atoms with E-state index < -0.39 is 0 Å². The summed E-state index contributed by atoms with van der Waals surface area (Å²) in [5.74, 6) is 5.69. The standard InChI is InChI=1S/C10H8N2O/c1-3-4-8-10-7(2)5-11-6-9(10)13-12-8/h5-6H,1-2H3. The van der Waals surface area contributed by atoms with E-state index in [1.54, 1.807) is 19.3 Å². The van der Waals surface area contributed by atoms with Gasteiger partial charge in [-0.25, -0.2) is 0 Å². The van der Waals surface area contributed by atoms with E-state index in [0.717, 1.165) is 10.9 Å². The van der Waals surface area contributed by atoms with Gasteiger partial charge in [-0.1, -0.05) is 11.1 Å². The van der Waals surface area contributed by atoms with E-state index in [9.17, 15) is 0 Å². The summed E-state index contributed by atoms with van der Waals surface area (Å²) in [7, 11) is 0. The first-order chi connectivity index (χ1) is 6.33. The van der Waals surface area contributed by atoms with Crippen LogP contribution in [0, 0.1) is 18.8 Å². The van der Waals surface area contributed by atoms with E-state index in [0.29, 0.717) is 11.3 Å². The Kier molecular flexibility index (Phi) is 1.75. The van der Waals surface area contributed by atoms with Crippen LogP contribution in [-0.2, 0) is 0 Å². The summed E-state index contributed by atoms with van der Waals surface area (Å²) in [6, 6.07) is 0. The largest absolute Gasteiger partial charge is 0.353 e. The fourth-order valence-corrected chi connectivity index (χ4v) is 1.26. The monoisotopic (exact) mass is 172 g/mol. The minimum Gasteiger partial charge on any atom is -0.353 e. The Morgan fingerprint density at radius 1 is 1.38 bits per heavy atom. The molecule has 0 saturated heterocycles. The predicted molar refractivity (Wildman–Crippen MR) is 49.1 cm³/mol. The molecule has 13 heavy (non-hydrogen) atoms. The maximum atomic E-state index is 5.07. The van der Waals surface area contributed by atoms with Gasteiger partial charge in [-0.2, -0.15) is 0 Å². The second-order valence-electron chi connectivity index (χ2n) is 2.74. The number of rotatable bonds is 0. The number of hydrogen-bond acceptors (Lipinski definition) is 3. The quantitative estimate of drug-likeness (QED) is 0.570. The van der Waals surface area contributed by atoms with E-state index in [-0.39, 0.29) is 0 Å². The van der Waals surface area contributed by atoms with Crippen LogP contribution in [0.1, 0.15) is 18.2 Å². The molecule has 0 amide bonds. The van der Waals surface area contributed by atoms with Gasteiger partial charge >= 0.3 is 0 Å². The minimum atomic E-state index is 0.692. The van der Waals surface area contributed by atoms with E-state index in [4.69, 9.17) is 4.52 Å². The zero-order chi connectivity index (χ0) is 9.26. The molecule has 0 aromatic carbocycles. The molecule has 0 radical (unpaired) electrons. The summed E-state index contributed by atoms with van der Waals surface area (Å²) in [6.07, 6.45) is 3.43. The molecule has 0 N–H and O–H groups in total. The topological polar surface area (TPSA) is 38.9 Å². The van der Waals surface area contributed by atoms with Crippen LogP contribution in [0.25, 0.3) is 11.0 Å². The van der Waals surface area contributed by atoms with E-state index >= 15 is 0 Å². The molecule has 64 valence electrons. The summed E-state index contributed by atoms with van der Waals surface area (Å²) in [6.45, 7) is 3.74. The zero-order valence-corrected chi connectivity index (χ0v) is 7.46. The molecule has 3 nitrogen and oxygen atoms in total. The molecule has 2 rings (SSSR count). The van der Waals surface area contributed by atoms with Crippen LogP contribution in [0.4, 0.5) is 0 Å². The minimum absolute atomic E-state index is 0.692. The maximum Gasteiger partial charge on any atom is 0.186 e. The van der Waals surface area contributed by atoms with Crippen molar-refractivity contribution in [3.63, 3.8) is 0 Å². The lowest BCUT2D eigenvalue weighted by molar-refractivity contribution is 0.453. The van der Waals surface area contributed by atoms with E-state index in [1.807, 2.05) is 6.92 Å². The summed E-state index contributed by atoms with van der Waals surface area (Å²) < 4.78 is 5.07. The van der Waals surface area contributed by atoms with Crippen LogP contribution in [-0.4, -0.2) is 10.1 Å². The maximum absolute atomic E-state index is 5.07. The van der Waals surface area contributed by atoms with Crippen molar-refractivity contribution in [3.05, 3.63) is 23.7 Å². The molecule has 0 fully saturated rings. The van der Waals surface area contributed by atoms with Crippen LogP contribution >= 0.6 is 0 Å². The molecule has 0 unspecified atom stereocenters. The third-order valence-electron chi connectivity index (χ3n) is 1.82. The van der Waals surface area contributed by atoms with Crippen LogP contribution in [0.2, 0.25) is 0 Å². The second kappa shape index (κ2) is 2.91. The molecule has 0 aliphatic carbocycles. The molecule has 0 saturated carbocycles. The first-order valence-corrected chi connectivity index (χ1v) is 3.95. The first kappa shape index (κ1) is 7.81. The summed E-state index contributed by atoms with van der Waals surface area (Å²) in [5.41, 5.74) is 2.42. The van der Waals surface area contributed by atoms with Crippen molar-refractivity contribution in [2.24, 2.45) is 0 Å². The fraction of sp³-hybridized carbons (Fsp3) is 0.200. The molecule has 0 spiro atoms. The number of pyridine rings is 1. The molecule has 2 aromatic heterocycles. The zero-order valence-electron chi connectivity index (χ0n) is 7.46. The normalized spacial score (nSPS) is 9.69. The molecule has 0 bridgehead atoms. The van der Waals surface area contributed by atoms with Crippen molar-refractivity contribution in [3.8, 4) is 11.8 Å². The van der Waals surface area contributed by atoms with Crippen LogP contribution in [0.3, 0.4) is 0 Å². The van der Waals surface area contributed by atoms with Gasteiger partial charge in [0.05, 0.1) is 11.6 Å². The van der Waals surface area contributed by atoms with Crippen molar-refractivity contribution in [2.45, 2.75) is 13.8 Å². The van der Waals surface area contributed by atoms with E-state index in [1.165, 1.54) is 0 Å². The van der Waals surface area contributed by atoms with Crippen molar-refractivity contribution in [2.75, 3.05) is 0 Å². The van der Waals surface area contributed by atoms with Gasteiger partial charge in [0.25, 0.3) is 0 Å². The Hall–Kier alpha value is -1.82. The molecule has 3 heteroatoms. The summed E-state index contributed by atoms with van der Waals surface area (Å²) in [4.78, 5) is 4.00. The fourth-order valence-electron chi connectivity index (χ4n) is 1.26. The molecule has 2 heterocycles. The molecular weight excluding hydrogens is 164 g/mol. The van der Waals surface area contributed by atoms with Gasteiger partial charge in [-0.05, 0) is 25.3 Å². The molecule has 2 aromatic rings. The Morgan fingerprint density at radius 3 is 3.00 bits per heavy atom. The number of nitrogens with zero attached hydrogens (tertiary/aromatic N) is 2. The third kappa shape index (κ3) is 1.17. The summed E-state index contributed by atoms with van der Waals surface area (Å²) >= 11 is 0. The van der Waals surface area contributed by atoms with Gasteiger partial charge in [-0.15, -0.1) is 0 Å². The Labute approximate surface area is 75.8 Å². The van der Waals surface area contributed by atoms with Gasteiger partial charge in [-0.3, -0.25) is 4.98 Å². The lowest BCUT2D eigenvalue weighted by Crippen LogP contribution is -1.80. The Bertz CT molecular complexity index is 502. The number of hydrogen-bond donors (Lipinski definition) is 0. The summed E-state index contributed by atoms with van der Waals surface area (Å²) in [5, 5.41) is 4.82. The highest BCUT2D eigenvalue weighted by Gasteiger charge is 2.07. The number of fused-ring (bicyclic) bond motifs is 1. The van der Waals surface area contributed by atoms with Gasteiger partial charge in [0, 0.05) is 6.20 Å². The average molecular weight is 172 g/mol. The van der Waals surface area contributed by atoms with Gasteiger partial charge in [0.1, 0.15) is 0 Å². The highest BCUT2D eigenvalue weighted by atomic mass is 16.5. The first-order valence-electron chi connectivity index (χ1n) is 3.95. The lowest BCUT2D eigenvalue weighted by atomic mass is 10.1.